The highest BCUT2D eigenvalue weighted by Gasteiger charge is 2.16. The lowest BCUT2D eigenvalue weighted by molar-refractivity contribution is -0.119. The van der Waals surface area contributed by atoms with Crippen LogP contribution < -0.4 is 5.32 Å². The van der Waals surface area contributed by atoms with Crippen LogP contribution in [0.5, 0.6) is 0 Å². The fourth-order valence-corrected chi connectivity index (χ4v) is 3.14. The van der Waals surface area contributed by atoms with Crippen molar-refractivity contribution in [3.05, 3.63) is 50.7 Å². The molecule has 0 radical (unpaired) electrons. The predicted molar refractivity (Wildman–Crippen MR) is 95.2 cm³/mol. The summed E-state index contributed by atoms with van der Waals surface area (Å²) in [5.74, 6) is -1.51. The van der Waals surface area contributed by atoms with Gasteiger partial charge in [-0.15, -0.1) is 11.3 Å². The van der Waals surface area contributed by atoms with Crippen molar-refractivity contribution in [2.75, 3.05) is 19.0 Å². The summed E-state index contributed by atoms with van der Waals surface area (Å²) in [6.45, 7) is 5.11. The number of aryl methyl sites for hydroxylation is 3. The molecule has 132 valence electrons. The molecule has 1 aromatic heterocycles. The minimum Gasteiger partial charge on any atom is -0.465 e. The average Bonchev–Trinajstić information content (AvgIpc) is 2.92. The van der Waals surface area contributed by atoms with Crippen LogP contribution >= 0.6 is 11.3 Å². The fourth-order valence-electron chi connectivity index (χ4n) is 2.23. The third kappa shape index (κ3) is 4.67. The largest absolute Gasteiger partial charge is 0.465 e. The molecule has 0 aliphatic rings. The SMILES string of the molecule is COC(=O)c1ccc(C)c(NC(=O)COC(=O)c2cc(C)sc2C)c1. The van der Waals surface area contributed by atoms with Gasteiger partial charge in [0, 0.05) is 15.4 Å². The summed E-state index contributed by atoms with van der Waals surface area (Å²) in [7, 11) is 1.29. The highest BCUT2D eigenvalue weighted by molar-refractivity contribution is 7.12. The first-order chi connectivity index (χ1) is 11.8. The minimum atomic E-state index is -0.531. The average molecular weight is 361 g/mol. The smallest absolute Gasteiger partial charge is 0.339 e. The number of hydrogen-bond acceptors (Lipinski definition) is 6. The first-order valence-electron chi connectivity index (χ1n) is 7.54. The molecule has 2 rings (SSSR count). The molecule has 0 spiro atoms. The predicted octanol–water partition coefficient (Wildman–Crippen LogP) is 3.26. The Morgan fingerprint density at radius 3 is 2.40 bits per heavy atom. The van der Waals surface area contributed by atoms with Gasteiger partial charge in [0.25, 0.3) is 5.91 Å². The molecule has 0 unspecified atom stereocenters. The molecule has 2 aromatic rings. The van der Waals surface area contributed by atoms with E-state index in [9.17, 15) is 14.4 Å². The van der Waals surface area contributed by atoms with Gasteiger partial charge in [0.2, 0.25) is 0 Å². The molecule has 0 bridgehead atoms. The number of anilines is 1. The molecule has 0 fully saturated rings. The van der Waals surface area contributed by atoms with Gasteiger partial charge in [-0.05, 0) is 44.5 Å². The quantitative estimate of drug-likeness (QED) is 0.827. The van der Waals surface area contributed by atoms with Crippen LogP contribution in [0.3, 0.4) is 0 Å². The van der Waals surface area contributed by atoms with E-state index in [2.05, 4.69) is 10.1 Å². The van der Waals surface area contributed by atoms with Gasteiger partial charge in [-0.3, -0.25) is 4.79 Å². The van der Waals surface area contributed by atoms with Gasteiger partial charge >= 0.3 is 11.9 Å². The van der Waals surface area contributed by atoms with Crippen LogP contribution in [0.25, 0.3) is 0 Å². The van der Waals surface area contributed by atoms with E-state index in [1.54, 1.807) is 25.1 Å². The number of carbonyl (C=O) groups is 3. The maximum atomic E-state index is 12.0. The number of hydrogen-bond donors (Lipinski definition) is 1. The van der Waals surface area contributed by atoms with Gasteiger partial charge in [-0.2, -0.15) is 0 Å². The molecule has 25 heavy (non-hydrogen) atoms. The number of benzene rings is 1. The topological polar surface area (TPSA) is 81.7 Å². The third-order valence-electron chi connectivity index (χ3n) is 3.53. The lowest BCUT2D eigenvalue weighted by Gasteiger charge is -2.10. The Morgan fingerprint density at radius 2 is 1.80 bits per heavy atom. The summed E-state index contributed by atoms with van der Waals surface area (Å²) < 4.78 is 9.72. The van der Waals surface area contributed by atoms with Crippen LogP contribution in [0.2, 0.25) is 0 Å². The zero-order valence-corrected chi connectivity index (χ0v) is 15.3. The monoisotopic (exact) mass is 361 g/mol. The van der Waals surface area contributed by atoms with E-state index in [0.717, 1.165) is 15.3 Å². The Hall–Kier alpha value is -2.67. The minimum absolute atomic E-state index is 0.324. The molecule has 7 heteroatoms. The van der Waals surface area contributed by atoms with E-state index >= 15 is 0 Å². The summed E-state index contributed by atoms with van der Waals surface area (Å²) in [5.41, 5.74) is 2.03. The number of ether oxygens (including phenoxy) is 2. The van der Waals surface area contributed by atoms with Crippen LogP contribution in [0.4, 0.5) is 5.69 Å². The number of nitrogens with one attached hydrogen (secondary N) is 1. The van der Waals surface area contributed by atoms with Crippen LogP contribution in [-0.4, -0.2) is 31.6 Å². The number of methoxy groups -OCH3 is 1. The molecule has 0 aliphatic carbocycles. The second-order valence-electron chi connectivity index (χ2n) is 5.47. The summed E-state index contributed by atoms with van der Waals surface area (Å²) >= 11 is 1.50. The number of esters is 2. The van der Waals surface area contributed by atoms with Crippen LogP contribution in [0, 0.1) is 20.8 Å². The van der Waals surface area contributed by atoms with Crippen molar-refractivity contribution < 1.29 is 23.9 Å². The molecule has 1 aromatic carbocycles. The molecule has 1 amide bonds. The van der Waals surface area contributed by atoms with Gasteiger partial charge in [0.1, 0.15) is 0 Å². The van der Waals surface area contributed by atoms with Crippen molar-refractivity contribution in [1.29, 1.82) is 0 Å². The number of carbonyl (C=O) groups excluding carboxylic acids is 3. The zero-order valence-electron chi connectivity index (χ0n) is 14.5. The lowest BCUT2D eigenvalue weighted by Crippen LogP contribution is -2.21. The second-order valence-corrected chi connectivity index (χ2v) is 6.93. The van der Waals surface area contributed by atoms with Crippen molar-refractivity contribution in [2.24, 2.45) is 0 Å². The first-order valence-corrected chi connectivity index (χ1v) is 8.36. The summed E-state index contributed by atoms with van der Waals surface area (Å²) in [6, 6.07) is 6.57. The Morgan fingerprint density at radius 1 is 1.08 bits per heavy atom. The van der Waals surface area contributed by atoms with Crippen LogP contribution in [-0.2, 0) is 14.3 Å². The molecule has 0 saturated carbocycles. The highest BCUT2D eigenvalue weighted by Crippen LogP contribution is 2.21. The fraction of sp³-hybridized carbons (Fsp3) is 0.278. The van der Waals surface area contributed by atoms with Crippen molar-refractivity contribution in [1.82, 2.24) is 0 Å². The Bertz CT molecular complexity index is 825. The maximum absolute atomic E-state index is 12.0. The van der Waals surface area contributed by atoms with E-state index in [4.69, 9.17) is 4.74 Å². The van der Waals surface area contributed by atoms with E-state index in [0.29, 0.717) is 16.8 Å². The van der Waals surface area contributed by atoms with E-state index < -0.39 is 24.5 Å². The normalized spacial score (nSPS) is 10.2. The molecular formula is C18H19NO5S. The molecular weight excluding hydrogens is 342 g/mol. The summed E-state index contributed by atoms with van der Waals surface area (Å²) in [4.78, 5) is 37.5. The molecule has 1 N–H and O–H groups in total. The molecule has 6 nitrogen and oxygen atoms in total. The first kappa shape index (κ1) is 18.7. The zero-order chi connectivity index (χ0) is 18.6. The molecule has 0 atom stereocenters. The van der Waals surface area contributed by atoms with E-state index in [-0.39, 0.29) is 0 Å². The third-order valence-corrected chi connectivity index (χ3v) is 4.49. The molecule has 0 saturated heterocycles. The van der Waals surface area contributed by atoms with Gasteiger partial charge in [0.15, 0.2) is 6.61 Å². The standard InChI is InChI=1S/C18H19NO5S/c1-10-5-6-13(17(21)23-4)8-15(10)19-16(20)9-24-18(22)14-7-11(2)25-12(14)3/h5-8H,9H2,1-4H3,(H,19,20). The van der Waals surface area contributed by atoms with Gasteiger partial charge in [-0.1, -0.05) is 6.07 Å². The summed E-state index contributed by atoms with van der Waals surface area (Å²) in [6.07, 6.45) is 0. The Labute approximate surface area is 149 Å². The Balaban J connectivity index is 1.99. The summed E-state index contributed by atoms with van der Waals surface area (Å²) in [5, 5.41) is 2.63. The molecule has 0 aliphatic heterocycles. The number of amides is 1. The van der Waals surface area contributed by atoms with Gasteiger partial charge in [-0.25, -0.2) is 9.59 Å². The van der Waals surface area contributed by atoms with Crippen molar-refractivity contribution in [3.63, 3.8) is 0 Å². The van der Waals surface area contributed by atoms with Crippen molar-refractivity contribution >= 4 is 34.9 Å². The van der Waals surface area contributed by atoms with Gasteiger partial charge in [0.05, 0.1) is 18.2 Å². The number of thiophene rings is 1. The van der Waals surface area contributed by atoms with Crippen LogP contribution in [0.1, 0.15) is 36.0 Å². The molecule has 1 heterocycles. The lowest BCUT2D eigenvalue weighted by atomic mass is 10.1. The van der Waals surface area contributed by atoms with E-state index in [1.165, 1.54) is 24.5 Å². The van der Waals surface area contributed by atoms with E-state index in [1.807, 2.05) is 13.8 Å². The van der Waals surface area contributed by atoms with Crippen molar-refractivity contribution in [2.45, 2.75) is 20.8 Å². The van der Waals surface area contributed by atoms with Crippen LogP contribution in [0.15, 0.2) is 24.3 Å². The second kappa shape index (κ2) is 7.94. The Kier molecular flexibility index (Phi) is 5.93. The van der Waals surface area contributed by atoms with Crippen molar-refractivity contribution in [3.8, 4) is 0 Å². The van der Waals surface area contributed by atoms with Gasteiger partial charge < -0.3 is 14.8 Å². The number of rotatable bonds is 5. The highest BCUT2D eigenvalue weighted by atomic mass is 32.1. The maximum Gasteiger partial charge on any atom is 0.339 e.